The van der Waals surface area contributed by atoms with Crippen LogP contribution in [0.15, 0.2) is 36.5 Å². The number of carbonyl (C=O) groups excluding carboxylic acids is 1. The van der Waals surface area contributed by atoms with Gasteiger partial charge in [-0.15, -0.1) is 0 Å². The van der Waals surface area contributed by atoms with Crippen LogP contribution in [0.4, 0.5) is 4.39 Å². The molecule has 1 aliphatic rings. The molecule has 1 fully saturated rings. The van der Waals surface area contributed by atoms with Crippen LogP contribution in [0.3, 0.4) is 0 Å². The van der Waals surface area contributed by atoms with Crippen LogP contribution in [-0.2, 0) is 4.79 Å². The van der Waals surface area contributed by atoms with E-state index < -0.39 is 23.6 Å². The maximum absolute atomic E-state index is 13.0. The van der Waals surface area contributed by atoms with Gasteiger partial charge in [0.2, 0.25) is 0 Å². The van der Waals surface area contributed by atoms with Crippen molar-refractivity contribution < 1.29 is 19.1 Å². The van der Waals surface area contributed by atoms with Crippen molar-refractivity contribution >= 4 is 11.9 Å². The predicted octanol–water partition coefficient (Wildman–Crippen LogP) is 2.74. The zero-order valence-electron chi connectivity index (χ0n) is 13.7. The van der Waals surface area contributed by atoms with Crippen LogP contribution >= 0.6 is 0 Å². The fourth-order valence-corrected chi connectivity index (χ4v) is 3.16. The second-order valence-corrected chi connectivity index (χ2v) is 6.27. The van der Waals surface area contributed by atoms with Crippen molar-refractivity contribution in [2.75, 3.05) is 6.54 Å². The van der Waals surface area contributed by atoms with Crippen LogP contribution in [0.5, 0.6) is 0 Å². The van der Waals surface area contributed by atoms with Crippen molar-refractivity contribution in [2.45, 2.75) is 37.6 Å². The molecule has 0 saturated heterocycles. The Balaban J connectivity index is 1.63. The summed E-state index contributed by atoms with van der Waals surface area (Å²) in [5, 5.41) is 16.3. The number of carboxylic acid groups (broad SMARTS) is 1. The van der Waals surface area contributed by atoms with Gasteiger partial charge in [0.15, 0.2) is 0 Å². The van der Waals surface area contributed by atoms with Gasteiger partial charge in [0.25, 0.3) is 5.91 Å². The van der Waals surface area contributed by atoms with E-state index in [2.05, 4.69) is 10.4 Å². The molecule has 1 atom stereocenters. The third kappa shape index (κ3) is 4.04. The fourth-order valence-electron chi connectivity index (χ4n) is 3.16. The number of aliphatic carboxylic acids is 1. The third-order valence-corrected chi connectivity index (χ3v) is 4.58. The average Bonchev–Trinajstić information content (AvgIpc) is 3.27. The number of hydrogen-bond acceptors (Lipinski definition) is 3. The van der Waals surface area contributed by atoms with Gasteiger partial charge in [-0.2, -0.15) is 5.10 Å². The highest BCUT2D eigenvalue weighted by atomic mass is 19.1. The van der Waals surface area contributed by atoms with Crippen LogP contribution < -0.4 is 5.32 Å². The highest BCUT2D eigenvalue weighted by Gasteiger charge is 2.23. The molecule has 1 amide bonds. The van der Waals surface area contributed by atoms with Gasteiger partial charge in [0.1, 0.15) is 11.5 Å². The number of amides is 1. The summed E-state index contributed by atoms with van der Waals surface area (Å²) in [5.74, 6) is -2.87. The van der Waals surface area contributed by atoms with Crippen molar-refractivity contribution in [2.24, 2.45) is 0 Å². The third-order valence-electron chi connectivity index (χ3n) is 4.58. The van der Waals surface area contributed by atoms with E-state index in [4.69, 9.17) is 0 Å². The Hall–Kier alpha value is -2.70. The Morgan fingerprint density at radius 1 is 1.24 bits per heavy atom. The number of hydrogen-bond donors (Lipinski definition) is 2. The lowest BCUT2D eigenvalue weighted by molar-refractivity contribution is -0.138. The summed E-state index contributed by atoms with van der Waals surface area (Å²) >= 11 is 0. The first-order chi connectivity index (χ1) is 12.0. The van der Waals surface area contributed by atoms with Gasteiger partial charge in [-0.3, -0.25) is 14.3 Å². The molecule has 3 rings (SSSR count). The van der Waals surface area contributed by atoms with Gasteiger partial charge in [-0.25, -0.2) is 4.39 Å². The van der Waals surface area contributed by atoms with Crippen LogP contribution in [0, 0.1) is 5.82 Å². The number of carbonyl (C=O) groups is 2. The first-order valence-corrected chi connectivity index (χ1v) is 8.36. The van der Waals surface area contributed by atoms with Gasteiger partial charge < -0.3 is 10.4 Å². The Morgan fingerprint density at radius 3 is 2.56 bits per heavy atom. The molecule has 7 heteroatoms. The van der Waals surface area contributed by atoms with Gasteiger partial charge in [0.05, 0.1) is 12.0 Å². The molecule has 0 radical (unpaired) electrons. The summed E-state index contributed by atoms with van der Waals surface area (Å²) in [5.41, 5.74) is 0.709. The highest BCUT2D eigenvalue weighted by molar-refractivity contribution is 5.92. The first-order valence-electron chi connectivity index (χ1n) is 8.36. The lowest BCUT2D eigenvalue weighted by Crippen LogP contribution is -2.32. The SMILES string of the molecule is O=C(NCC(C(=O)O)c1ccc(F)cc1)c1ccn(C2CCCC2)n1. The molecule has 1 heterocycles. The lowest BCUT2D eigenvalue weighted by atomic mass is 9.99. The number of aromatic nitrogens is 2. The Labute approximate surface area is 144 Å². The van der Waals surface area contributed by atoms with Crippen molar-refractivity contribution in [3.8, 4) is 0 Å². The zero-order chi connectivity index (χ0) is 17.8. The minimum absolute atomic E-state index is 0.0872. The zero-order valence-corrected chi connectivity index (χ0v) is 13.7. The van der Waals surface area contributed by atoms with Crippen LogP contribution in [-0.4, -0.2) is 33.3 Å². The molecule has 0 aliphatic heterocycles. The summed E-state index contributed by atoms with van der Waals surface area (Å²) < 4.78 is 14.8. The van der Waals surface area contributed by atoms with Crippen LogP contribution in [0.1, 0.15) is 53.7 Å². The lowest BCUT2D eigenvalue weighted by Gasteiger charge is -2.13. The van der Waals surface area contributed by atoms with Crippen LogP contribution in [0.25, 0.3) is 0 Å². The minimum atomic E-state index is -1.08. The Kier molecular flexibility index (Phi) is 5.11. The summed E-state index contributed by atoms with van der Waals surface area (Å²) in [4.78, 5) is 23.7. The molecule has 2 N–H and O–H groups in total. The molecule has 2 aromatic rings. The largest absolute Gasteiger partial charge is 0.481 e. The van der Waals surface area contributed by atoms with E-state index >= 15 is 0 Å². The quantitative estimate of drug-likeness (QED) is 0.843. The van der Waals surface area contributed by atoms with Crippen LogP contribution in [0.2, 0.25) is 0 Å². The molecule has 25 heavy (non-hydrogen) atoms. The average molecular weight is 345 g/mol. The topological polar surface area (TPSA) is 84.2 Å². The van der Waals surface area contributed by atoms with Gasteiger partial charge in [-0.1, -0.05) is 25.0 Å². The number of carboxylic acids is 1. The second-order valence-electron chi connectivity index (χ2n) is 6.27. The van der Waals surface area contributed by atoms with Crippen molar-refractivity contribution in [1.82, 2.24) is 15.1 Å². The van der Waals surface area contributed by atoms with Crippen molar-refractivity contribution in [3.05, 3.63) is 53.6 Å². The van der Waals surface area contributed by atoms with E-state index in [0.29, 0.717) is 11.6 Å². The van der Waals surface area contributed by atoms with E-state index in [1.165, 1.54) is 37.1 Å². The summed E-state index contributed by atoms with van der Waals surface area (Å²) in [6, 6.07) is 7.21. The second kappa shape index (κ2) is 7.46. The van der Waals surface area contributed by atoms with Gasteiger partial charge >= 0.3 is 5.97 Å². The standard InChI is InChI=1S/C18H20FN3O3/c19-13-7-5-12(6-8-13)15(18(24)25)11-20-17(23)16-9-10-22(21-16)14-3-1-2-4-14/h5-10,14-15H,1-4,11H2,(H,20,23)(H,24,25). The molecule has 1 unspecified atom stereocenters. The number of rotatable bonds is 6. The summed E-state index contributed by atoms with van der Waals surface area (Å²) in [6.07, 6.45) is 6.26. The van der Waals surface area contributed by atoms with Gasteiger partial charge in [0, 0.05) is 12.7 Å². The molecule has 1 aliphatic carbocycles. The first kappa shape index (κ1) is 17.1. The molecule has 1 saturated carbocycles. The fraction of sp³-hybridized carbons (Fsp3) is 0.389. The number of halogens is 1. The summed E-state index contributed by atoms with van der Waals surface area (Å²) in [6.45, 7) is -0.0872. The molecule has 6 nitrogen and oxygen atoms in total. The predicted molar refractivity (Wildman–Crippen MR) is 88.8 cm³/mol. The Morgan fingerprint density at radius 2 is 1.92 bits per heavy atom. The molecular formula is C18H20FN3O3. The summed E-state index contributed by atoms with van der Waals surface area (Å²) in [7, 11) is 0. The maximum Gasteiger partial charge on any atom is 0.312 e. The van der Waals surface area contributed by atoms with E-state index in [1.807, 2.05) is 4.68 Å². The monoisotopic (exact) mass is 345 g/mol. The highest BCUT2D eigenvalue weighted by Crippen LogP contribution is 2.28. The molecule has 1 aromatic heterocycles. The van der Waals surface area contributed by atoms with E-state index in [0.717, 1.165) is 12.8 Å². The van der Waals surface area contributed by atoms with E-state index in [1.54, 1.807) is 12.3 Å². The minimum Gasteiger partial charge on any atom is -0.481 e. The maximum atomic E-state index is 13.0. The van der Waals surface area contributed by atoms with E-state index in [-0.39, 0.29) is 12.2 Å². The number of nitrogens with zero attached hydrogens (tertiary/aromatic N) is 2. The molecule has 0 spiro atoms. The number of benzene rings is 1. The molecular weight excluding hydrogens is 325 g/mol. The molecule has 132 valence electrons. The van der Waals surface area contributed by atoms with Crippen molar-refractivity contribution in [1.29, 1.82) is 0 Å². The van der Waals surface area contributed by atoms with Crippen molar-refractivity contribution in [3.63, 3.8) is 0 Å². The van der Waals surface area contributed by atoms with Gasteiger partial charge in [-0.05, 0) is 36.6 Å². The number of nitrogens with one attached hydrogen (secondary N) is 1. The smallest absolute Gasteiger partial charge is 0.312 e. The molecule has 0 bridgehead atoms. The molecule has 1 aromatic carbocycles. The Bertz CT molecular complexity index is 751. The normalized spacial score (nSPS) is 15.9. The van der Waals surface area contributed by atoms with E-state index in [9.17, 15) is 19.1 Å².